The lowest BCUT2D eigenvalue weighted by molar-refractivity contribution is -0.148. The number of carboxylic acids is 1. The van der Waals surface area contributed by atoms with Crippen molar-refractivity contribution in [1.29, 1.82) is 0 Å². The second-order valence-corrected chi connectivity index (χ2v) is 8.76. The number of aliphatic carboxylic acids is 1. The van der Waals surface area contributed by atoms with E-state index < -0.39 is 29.3 Å². The molecule has 166 valence electrons. The average molecular weight is 428 g/mol. The molecule has 1 aromatic carbocycles. The van der Waals surface area contributed by atoms with Gasteiger partial charge in [-0.05, 0) is 45.9 Å². The van der Waals surface area contributed by atoms with Crippen LogP contribution in [0.15, 0.2) is 30.8 Å². The number of benzene rings is 1. The van der Waals surface area contributed by atoms with Crippen LogP contribution < -0.4 is 9.47 Å². The SMILES string of the molecule is C=Cc1cc2ccc(OC)cc2nc1O[C@H]1CN(C(=O)OC(C)(C)C)[C@](C)(C(=O)O)C1. The van der Waals surface area contributed by atoms with Crippen LogP contribution in [0.3, 0.4) is 0 Å². The number of fused-ring (bicyclic) bond motifs is 1. The van der Waals surface area contributed by atoms with Crippen LogP contribution in [-0.2, 0) is 9.53 Å². The number of ether oxygens (including phenoxy) is 3. The lowest BCUT2D eigenvalue weighted by atomic mass is 9.98. The van der Waals surface area contributed by atoms with Gasteiger partial charge in [0, 0.05) is 23.4 Å². The summed E-state index contributed by atoms with van der Waals surface area (Å²) in [6, 6.07) is 7.41. The zero-order valence-corrected chi connectivity index (χ0v) is 18.5. The minimum Gasteiger partial charge on any atom is -0.497 e. The summed E-state index contributed by atoms with van der Waals surface area (Å²) in [4.78, 5) is 30.5. The van der Waals surface area contributed by atoms with Gasteiger partial charge in [-0.3, -0.25) is 4.90 Å². The summed E-state index contributed by atoms with van der Waals surface area (Å²) in [5.74, 6) is -0.142. The molecule has 2 heterocycles. The van der Waals surface area contributed by atoms with Crippen LogP contribution in [0.2, 0.25) is 0 Å². The standard InChI is InChI=1S/C23H28N2O6/c1-7-14-10-15-8-9-16(29-6)11-18(15)24-19(14)30-17-12-23(5,20(26)27)25(13-17)21(28)31-22(2,3)4/h7-11,17H,1,12-13H2,2-6H3,(H,26,27)/t17-,23+/m1/s1. The molecule has 1 saturated heterocycles. The van der Waals surface area contributed by atoms with Crippen molar-refractivity contribution in [2.45, 2.75) is 51.4 Å². The molecule has 0 aliphatic carbocycles. The summed E-state index contributed by atoms with van der Waals surface area (Å²) in [5, 5.41) is 10.7. The van der Waals surface area contributed by atoms with Crippen LogP contribution >= 0.6 is 0 Å². The maximum absolute atomic E-state index is 12.7. The maximum atomic E-state index is 12.7. The van der Waals surface area contributed by atoms with E-state index in [1.165, 1.54) is 11.8 Å². The number of likely N-dealkylation sites (tertiary alicyclic amines) is 1. The van der Waals surface area contributed by atoms with Crippen molar-refractivity contribution in [3.8, 4) is 11.6 Å². The van der Waals surface area contributed by atoms with E-state index in [-0.39, 0.29) is 13.0 Å². The molecule has 0 saturated carbocycles. The largest absolute Gasteiger partial charge is 0.497 e. The summed E-state index contributed by atoms with van der Waals surface area (Å²) in [6.45, 7) is 10.6. The van der Waals surface area contributed by atoms with Crippen molar-refractivity contribution in [2.75, 3.05) is 13.7 Å². The number of hydrogen-bond donors (Lipinski definition) is 1. The first-order valence-electron chi connectivity index (χ1n) is 9.99. The monoisotopic (exact) mass is 428 g/mol. The van der Waals surface area contributed by atoms with Crippen molar-refractivity contribution in [3.63, 3.8) is 0 Å². The van der Waals surface area contributed by atoms with Gasteiger partial charge in [-0.1, -0.05) is 12.7 Å². The van der Waals surface area contributed by atoms with Crippen LogP contribution in [0.5, 0.6) is 11.6 Å². The average Bonchev–Trinajstić information content (AvgIpc) is 3.03. The van der Waals surface area contributed by atoms with Gasteiger partial charge in [-0.15, -0.1) is 0 Å². The highest BCUT2D eigenvalue weighted by Crippen LogP contribution is 2.35. The number of nitrogens with zero attached hydrogens (tertiary/aromatic N) is 2. The topological polar surface area (TPSA) is 98.2 Å². The number of aromatic nitrogens is 1. The molecule has 2 aromatic rings. The minimum absolute atomic E-state index is 0.0616. The van der Waals surface area contributed by atoms with Crippen LogP contribution in [0, 0.1) is 0 Å². The molecule has 0 bridgehead atoms. The molecule has 1 aromatic heterocycles. The van der Waals surface area contributed by atoms with Crippen molar-refractivity contribution < 1.29 is 28.9 Å². The molecular formula is C23H28N2O6. The number of carbonyl (C=O) groups is 2. The first kappa shape index (κ1) is 22.4. The Kier molecular flexibility index (Phi) is 5.85. The Morgan fingerprint density at radius 1 is 1.32 bits per heavy atom. The van der Waals surface area contributed by atoms with Gasteiger partial charge in [0.2, 0.25) is 5.88 Å². The van der Waals surface area contributed by atoms with Crippen LogP contribution in [0.1, 0.15) is 39.7 Å². The Morgan fingerprint density at radius 2 is 2.03 bits per heavy atom. The van der Waals surface area contributed by atoms with E-state index in [0.717, 1.165) is 5.39 Å². The van der Waals surface area contributed by atoms with E-state index in [0.29, 0.717) is 22.7 Å². The van der Waals surface area contributed by atoms with Crippen LogP contribution in [-0.4, -0.2) is 58.0 Å². The number of carbonyl (C=O) groups excluding carboxylic acids is 1. The molecule has 0 spiro atoms. The molecule has 1 aliphatic heterocycles. The number of carboxylic acid groups (broad SMARTS) is 1. The second-order valence-electron chi connectivity index (χ2n) is 8.76. The lowest BCUT2D eigenvalue weighted by Crippen LogP contribution is -2.52. The second kappa shape index (κ2) is 8.09. The van der Waals surface area contributed by atoms with E-state index in [4.69, 9.17) is 14.2 Å². The smallest absolute Gasteiger partial charge is 0.411 e. The van der Waals surface area contributed by atoms with Crippen LogP contribution in [0.4, 0.5) is 4.79 Å². The third-order valence-electron chi connectivity index (χ3n) is 5.20. The molecule has 8 heteroatoms. The first-order valence-corrected chi connectivity index (χ1v) is 9.99. The van der Waals surface area contributed by atoms with Gasteiger partial charge in [0.25, 0.3) is 0 Å². The van der Waals surface area contributed by atoms with Crippen molar-refractivity contribution >= 4 is 29.0 Å². The number of pyridine rings is 1. The van der Waals surface area contributed by atoms with Gasteiger partial charge in [-0.2, -0.15) is 0 Å². The molecular weight excluding hydrogens is 400 g/mol. The lowest BCUT2D eigenvalue weighted by Gasteiger charge is -2.32. The van der Waals surface area contributed by atoms with E-state index in [9.17, 15) is 14.7 Å². The minimum atomic E-state index is -1.46. The Balaban J connectivity index is 1.91. The van der Waals surface area contributed by atoms with E-state index >= 15 is 0 Å². The fourth-order valence-electron chi connectivity index (χ4n) is 3.57. The highest BCUT2D eigenvalue weighted by atomic mass is 16.6. The molecule has 1 aliphatic rings. The van der Waals surface area contributed by atoms with Crippen LogP contribution in [0.25, 0.3) is 17.0 Å². The molecule has 2 atom stereocenters. The van der Waals surface area contributed by atoms with Gasteiger partial charge >= 0.3 is 12.1 Å². The predicted octanol–water partition coefficient (Wildman–Crippen LogP) is 4.12. The fourth-order valence-corrected chi connectivity index (χ4v) is 3.57. The summed E-state index contributed by atoms with van der Waals surface area (Å²) in [7, 11) is 1.58. The zero-order chi connectivity index (χ0) is 23.0. The number of hydrogen-bond acceptors (Lipinski definition) is 6. The number of amides is 1. The number of methoxy groups -OCH3 is 1. The summed E-state index contributed by atoms with van der Waals surface area (Å²) in [6.07, 6.45) is 0.449. The van der Waals surface area contributed by atoms with Crippen molar-refractivity contribution in [1.82, 2.24) is 9.88 Å². The molecule has 1 fully saturated rings. The molecule has 8 nitrogen and oxygen atoms in total. The summed E-state index contributed by atoms with van der Waals surface area (Å²) in [5.41, 5.74) is -0.861. The van der Waals surface area contributed by atoms with Gasteiger partial charge in [0.05, 0.1) is 19.2 Å². The predicted molar refractivity (Wildman–Crippen MR) is 116 cm³/mol. The molecule has 3 rings (SSSR count). The van der Waals surface area contributed by atoms with Gasteiger partial charge in [0.1, 0.15) is 23.0 Å². The Bertz CT molecular complexity index is 1030. The third-order valence-corrected chi connectivity index (χ3v) is 5.20. The zero-order valence-electron chi connectivity index (χ0n) is 18.5. The van der Waals surface area contributed by atoms with Gasteiger partial charge < -0.3 is 19.3 Å². The molecule has 31 heavy (non-hydrogen) atoms. The Hall–Kier alpha value is -3.29. The van der Waals surface area contributed by atoms with E-state index in [1.54, 1.807) is 40.0 Å². The highest BCUT2D eigenvalue weighted by Gasteiger charge is 2.52. The van der Waals surface area contributed by atoms with Gasteiger partial charge in [0.15, 0.2) is 0 Å². The number of rotatable bonds is 5. The first-order chi connectivity index (χ1) is 14.5. The van der Waals surface area contributed by atoms with E-state index in [2.05, 4.69) is 11.6 Å². The Labute approximate surface area is 181 Å². The summed E-state index contributed by atoms with van der Waals surface area (Å²) < 4.78 is 16.8. The molecule has 0 unspecified atom stereocenters. The van der Waals surface area contributed by atoms with Crippen molar-refractivity contribution in [2.24, 2.45) is 0 Å². The Morgan fingerprint density at radius 3 is 2.61 bits per heavy atom. The molecule has 1 N–H and O–H groups in total. The van der Waals surface area contributed by atoms with Gasteiger partial charge in [-0.25, -0.2) is 14.6 Å². The quantitative estimate of drug-likeness (QED) is 0.765. The normalized spacial score (nSPS) is 21.1. The molecule has 0 radical (unpaired) electrons. The van der Waals surface area contributed by atoms with Crippen molar-refractivity contribution in [3.05, 3.63) is 36.4 Å². The fraction of sp³-hybridized carbons (Fsp3) is 0.435. The summed E-state index contributed by atoms with van der Waals surface area (Å²) >= 11 is 0. The maximum Gasteiger partial charge on any atom is 0.411 e. The third kappa shape index (κ3) is 4.57. The highest BCUT2D eigenvalue weighted by molar-refractivity contribution is 5.85. The molecule has 1 amide bonds. The van der Waals surface area contributed by atoms with E-state index in [1.807, 2.05) is 18.2 Å².